The number of thiophene rings is 1. The maximum atomic E-state index is 5.15. The second-order valence-corrected chi connectivity index (χ2v) is 13.8. The van der Waals surface area contributed by atoms with Crippen molar-refractivity contribution in [3.05, 3.63) is 176 Å². The zero-order valence-electron chi connectivity index (χ0n) is 26.6. The fourth-order valence-corrected chi connectivity index (χ4v) is 8.65. The molecule has 0 amide bonds. The third-order valence-electron chi connectivity index (χ3n) is 9.90. The van der Waals surface area contributed by atoms with Crippen LogP contribution in [0.5, 0.6) is 0 Å². The highest BCUT2D eigenvalue weighted by atomic mass is 32.1. The van der Waals surface area contributed by atoms with Gasteiger partial charge in [0, 0.05) is 37.5 Å². The molecule has 0 aliphatic rings. The van der Waals surface area contributed by atoms with Crippen LogP contribution in [0.2, 0.25) is 0 Å². The quantitative estimate of drug-likeness (QED) is 0.175. The van der Waals surface area contributed by atoms with Crippen molar-refractivity contribution in [2.75, 3.05) is 0 Å². The van der Waals surface area contributed by atoms with Gasteiger partial charge in [-0.3, -0.25) is 4.98 Å². The number of hydrogen-bond acceptors (Lipinski definition) is 2. The lowest BCUT2D eigenvalue weighted by Crippen LogP contribution is -1.92. The molecule has 2 heteroatoms. The van der Waals surface area contributed by atoms with Gasteiger partial charge in [0.1, 0.15) is 0 Å². The monoisotopic (exact) mass is 639 g/mol. The topological polar surface area (TPSA) is 12.9 Å². The minimum atomic E-state index is 0.982. The molecular weight excluding hydrogens is 611 g/mol. The normalized spacial score (nSPS) is 11.7. The van der Waals surface area contributed by atoms with Crippen LogP contribution in [0.3, 0.4) is 0 Å². The smallest absolute Gasteiger partial charge is 0.0714 e. The summed E-state index contributed by atoms with van der Waals surface area (Å²) in [7, 11) is 0. The molecule has 0 N–H and O–H groups in total. The second kappa shape index (κ2) is 11.3. The lowest BCUT2D eigenvalue weighted by atomic mass is 9.87. The molecule has 49 heavy (non-hydrogen) atoms. The molecule has 0 bridgehead atoms. The Morgan fingerprint density at radius 1 is 0.327 bits per heavy atom. The van der Waals surface area contributed by atoms with Gasteiger partial charge in [0.2, 0.25) is 0 Å². The van der Waals surface area contributed by atoms with Crippen LogP contribution in [0, 0.1) is 0 Å². The van der Waals surface area contributed by atoms with E-state index in [2.05, 4.69) is 170 Å². The van der Waals surface area contributed by atoms with Crippen molar-refractivity contribution < 1.29 is 0 Å². The van der Waals surface area contributed by atoms with Gasteiger partial charge in [-0.05, 0) is 90.5 Å². The lowest BCUT2D eigenvalue weighted by Gasteiger charge is -2.17. The summed E-state index contributed by atoms with van der Waals surface area (Å²) in [4.78, 5) is 5.15. The molecule has 0 fully saturated rings. The number of rotatable bonds is 4. The number of pyridine rings is 1. The number of benzene rings is 8. The molecule has 1 nitrogen and oxygen atoms in total. The van der Waals surface area contributed by atoms with Crippen LogP contribution < -0.4 is 0 Å². The molecule has 8 aromatic carbocycles. The molecular formula is C47H29NS. The van der Waals surface area contributed by atoms with Crippen molar-refractivity contribution in [2.24, 2.45) is 0 Å². The average molecular weight is 640 g/mol. The Bertz CT molecular complexity index is 2790. The summed E-state index contributed by atoms with van der Waals surface area (Å²) in [6.45, 7) is 0. The van der Waals surface area contributed by atoms with E-state index in [1.54, 1.807) is 0 Å². The lowest BCUT2D eigenvalue weighted by molar-refractivity contribution is 1.34. The molecule has 0 saturated heterocycles. The van der Waals surface area contributed by atoms with Crippen LogP contribution in [0.25, 0.3) is 97.1 Å². The maximum Gasteiger partial charge on any atom is 0.0714 e. The number of aromatic nitrogens is 1. The zero-order chi connectivity index (χ0) is 32.3. The van der Waals surface area contributed by atoms with Crippen LogP contribution in [0.1, 0.15) is 0 Å². The Morgan fingerprint density at radius 3 is 1.53 bits per heavy atom. The standard InChI is InChI=1S/C47H29NS/c1-2-10-30(11-3-1)31-18-20-32(21-19-31)46-37-14-6-8-16-39(37)47(40-17-9-7-15-38(40)46)43-24-22-36(29-48-43)35-23-25-44-41(27-35)42-26-33-12-4-5-13-34(33)28-45(42)49-44/h1-29H. The van der Waals surface area contributed by atoms with Crippen LogP contribution in [0.4, 0.5) is 0 Å². The fraction of sp³-hybridized carbons (Fsp3) is 0. The van der Waals surface area contributed by atoms with E-state index in [4.69, 9.17) is 4.98 Å². The molecule has 2 heterocycles. The Balaban J connectivity index is 1.09. The summed E-state index contributed by atoms with van der Waals surface area (Å²) in [5, 5.41) is 10.1. The van der Waals surface area contributed by atoms with Crippen LogP contribution >= 0.6 is 11.3 Å². The van der Waals surface area contributed by atoms with Crippen LogP contribution in [-0.2, 0) is 0 Å². The molecule has 0 aliphatic heterocycles. The van der Waals surface area contributed by atoms with Crippen molar-refractivity contribution in [3.8, 4) is 44.6 Å². The third kappa shape index (κ3) is 4.64. The number of hydrogen-bond donors (Lipinski definition) is 0. The van der Waals surface area contributed by atoms with Gasteiger partial charge in [-0.1, -0.05) is 140 Å². The van der Waals surface area contributed by atoms with E-state index in [0.29, 0.717) is 0 Å². The molecule has 2 aromatic heterocycles. The predicted molar refractivity (Wildman–Crippen MR) is 211 cm³/mol. The molecule has 0 aliphatic carbocycles. The van der Waals surface area contributed by atoms with E-state index in [1.807, 2.05) is 17.5 Å². The van der Waals surface area contributed by atoms with Crippen LogP contribution in [0.15, 0.2) is 176 Å². The van der Waals surface area contributed by atoms with Gasteiger partial charge in [0.15, 0.2) is 0 Å². The molecule has 228 valence electrons. The fourth-order valence-electron chi connectivity index (χ4n) is 7.53. The highest BCUT2D eigenvalue weighted by Crippen LogP contribution is 2.44. The summed E-state index contributed by atoms with van der Waals surface area (Å²) in [6.07, 6.45) is 2.04. The Morgan fingerprint density at radius 2 is 0.857 bits per heavy atom. The highest BCUT2D eigenvalue weighted by Gasteiger charge is 2.17. The van der Waals surface area contributed by atoms with E-state index >= 15 is 0 Å². The van der Waals surface area contributed by atoms with Gasteiger partial charge >= 0.3 is 0 Å². The van der Waals surface area contributed by atoms with Crippen molar-refractivity contribution in [1.82, 2.24) is 4.98 Å². The van der Waals surface area contributed by atoms with E-state index in [0.717, 1.165) is 11.3 Å². The zero-order valence-corrected chi connectivity index (χ0v) is 27.4. The minimum absolute atomic E-state index is 0.982. The van der Waals surface area contributed by atoms with E-state index in [-0.39, 0.29) is 0 Å². The molecule has 0 spiro atoms. The average Bonchev–Trinajstić information content (AvgIpc) is 3.53. The molecule has 0 atom stereocenters. The molecule has 10 rings (SSSR count). The van der Waals surface area contributed by atoms with Crippen molar-refractivity contribution in [3.63, 3.8) is 0 Å². The Kier molecular flexibility index (Phi) is 6.43. The Hall–Kier alpha value is -6.09. The largest absolute Gasteiger partial charge is 0.256 e. The van der Waals surface area contributed by atoms with Crippen molar-refractivity contribution >= 4 is 63.8 Å². The molecule has 10 aromatic rings. The molecule has 0 unspecified atom stereocenters. The van der Waals surface area contributed by atoms with Crippen molar-refractivity contribution in [1.29, 1.82) is 0 Å². The summed E-state index contributed by atoms with van der Waals surface area (Å²) in [5.41, 5.74) is 9.38. The summed E-state index contributed by atoms with van der Waals surface area (Å²) < 4.78 is 2.64. The van der Waals surface area contributed by atoms with Gasteiger partial charge in [0.25, 0.3) is 0 Å². The first-order valence-corrected chi connectivity index (χ1v) is 17.5. The third-order valence-corrected chi connectivity index (χ3v) is 11.0. The number of nitrogens with zero attached hydrogens (tertiary/aromatic N) is 1. The summed E-state index contributed by atoms with van der Waals surface area (Å²) in [6, 6.07) is 61.7. The van der Waals surface area contributed by atoms with Crippen LogP contribution in [-0.4, -0.2) is 4.98 Å². The predicted octanol–water partition coefficient (Wildman–Crippen LogP) is 13.6. The SMILES string of the molecule is c1ccc(-c2ccc(-c3c4ccccc4c(-c4ccc(-c5ccc6sc7cc8ccccc8cc7c6c5)cn4)c4ccccc34)cc2)cc1. The first-order valence-electron chi connectivity index (χ1n) is 16.7. The van der Waals surface area contributed by atoms with Gasteiger partial charge in [0.05, 0.1) is 5.69 Å². The van der Waals surface area contributed by atoms with Crippen molar-refractivity contribution in [2.45, 2.75) is 0 Å². The minimum Gasteiger partial charge on any atom is -0.256 e. The summed E-state index contributed by atoms with van der Waals surface area (Å²) in [5.74, 6) is 0. The van der Waals surface area contributed by atoms with Gasteiger partial charge in [-0.15, -0.1) is 11.3 Å². The molecule has 0 saturated carbocycles. The maximum absolute atomic E-state index is 5.15. The second-order valence-electron chi connectivity index (χ2n) is 12.7. The number of fused-ring (bicyclic) bond motifs is 6. The highest BCUT2D eigenvalue weighted by molar-refractivity contribution is 7.25. The van der Waals surface area contributed by atoms with E-state index in [1.165, 1.54) is 85.9 Å². The van der Waals surface area contributed by atoms with E-state index in [9.17, 15) is 0 Å². The first-order chi connectivity index (χ1) is 24.3. The summed E-state index contributed by atoms with van der Waals surface area (Å²) >= 11 is 1.87. The van der Waals surface area contributed by atoms with E-state index < -0.39 is 0 Å². The van der Waals surface area contributed by atoms with Gasteiger partial charge in [-0.2, -0.15) is 0 Å². The van der Waals surface area contributed by atoms with Gasteiger partial charge in [-0.25, -0.2) is 0 Å². The van der Waals surface area contributed by atoms with Gasteiger partial charge < -0.3 is 0 Å². The Labute approximate surface area is 288 Å². The first kappa shape index (κ1) is 28.0. The molecule has 0 radical (unpaired) electrons.